The van der Waals surface area contributed by atoms with Crippen molar-refractivity contribution < 1.29 is 9.26 Å². The van der Waals surface area contributed by atoms with Gasteiger partial charge in [-0.1, -0.05) is 34.6 Å². The van der Waals surface area contributed by atoms with Crippen molar-refractivity contribution in [3.63, 3.8) is 0 Å². The van der Waals surface area contributed by atoms with E-state index in [-0.39, 0.29) is 6.10 Å². The minimum Gasteiger partial charge on any atom is -0.456 e. The van der Waals surface area contributed by atoms with E-state index in [0.717, 1.165) is 5.75 Å². The maximum absolute atomic E-state index is 6.07. The third kappa shape index (κ3) is 7.22. The van der Waals surface area contributed by atoms with Crippen LogP contribution in [0.15, 0.2) is 18.2 Å². The first-order valence-corrected chi connectivity index (χ1v) is 11.3. The Labute approximate surface area is 134 Å². The Hall–Kier alpha value is 0.560. The molecule has 1 aromatic carbocycles. The highest BCUT2D eigenvalue weighted by Crippen LogP contribution is 2.57. The molecule has 0 amide bonds. The molecule has 0 aromatic heterocycles. The van der Waals surface area contributed by atoms with Crippen molar-refractivity contribution in [2.45, 2.75) is 20.0 Å². The fraction of sp³-hybridized carbons (Fsp3) is 0.500. The van der Waals surface area contributed by atoms with Gasteiger partial charge in [-0.3, -0.25) is 0 Å². The minimum absolute atomic E-state index is 0.238. The summed E-state index contributed by atoms with van der Waals surface area (Å²) in [6.45, 7) is 6.63. The zero-order valence-corrected chi connectivity index (χ0v) is 15.1. The van der Waals surface area contributed by atoms with E-state index in [1.54, 1.807) is 29.6 Å². The van der Waals surface area contributed by atoms with Crippen molar-refractivity contribution in [1.82, 2.24) is 0 Å². The Balaban J connectivity index is 2.52. The normalized spacial score (nSPS) is 14.4. The number of hydrogen-bond donors (Lipinski definition) is 0. The lowest BCUT2D eigenvalue weighted by Gasteiger charge is -2.19. The Kier molecular flexibility index (Phi) is 7.52. The Bertz CT molecular complexity index is 469. The van der Waals surface area contributed by atoms with Gasteiger partial charge >= 0.3 is 0 Å². The van der Waals surface area contributed by atoms with E-state index in [4.69, 9.17) is 44.3 Å². The van der Waals surface area contributed by atoms with Crippen LogP contribution in [0.2, 0.25) is 10.0 Å². The van der Waals surface area contributed by atoms with Crippen LogP contribution in [0.5, 0.6) is 5.75 Å². The number of rotatable bonds is 7. The van der Waals surface area contributed by atoms with E-state index < -0.39 is 5.47 Å². The number of benzene rings is 1. The third-order valence-electron chi connectivity index (χ3n) is 2.02. The van der Waals surface area contributed by atoms with Gasteiger partial charge in [-0.25, -0.2) is 0 Å². The molecule has 0 saturated carbocycles. The first kappa shape index (κ1) is 17.6. The van der Waals surface area contributed by atoms with E-state index in [0.29, 0.717) is 22.4 Å². The fourth-order valence-electron chi connectivity index (χ4n) is 1.24. The molecule has 0 aliphatic heterocycles. The topological polar surface area (TPSA) is 18.5 Å². The van der Waals surface area contributed by atoms with E-state index in [2.05, 4.69) is 0 Å². The SMILES string of the molecule is CC(C)OCCSP(C)(=S)Oc1ccc(Cl)cc1Cl. The lowest BCUT2D eigenvalue weighted by Crippen LogP contribution is -2.05. The molecule has 0 N–H and O–H groups in total. The van der Waals surface area contributed by atoms with Gasteiger partial charge in [-0.15, -0.1) is 0 Å². The average Bonchev–Trinajstić information content (AvgIpc) is 2.28. The van der Waals surface area contributed by atoms with E-state index in [1.807, 2.05) is 20.5 Å². The van der Waals surface area contributed by atoms with Crippen LogP contribution in [-0.2, 0) is 16.5 Å². The van der Waals surface area contributed by atoms with Crippen molar-refractivity contribution in [1.29, 1.82) is 0 Å². The highest BCUT2D eigenvalue weighted by molar-refractivity contribution is 8.69. The molecule has 0 radical (unpaired) electrons. The molecule has 0 heterocycles. The van der Waals surface area contributed by atoms with Crippen LogP contribution in [0.25, 0.3) is 0 Å². The molecule has 1 aromatic rings. The first-order chi connectivity index (χ1) is 8.80. The molecule has 0 spiro atoms. The summed E-state index contributed by atoms with van der Waals surface area (Å²) in [4.78, 5) is 0. The van der Waals surface area contributed by atoms with E-state index in [1.165, 1.54) is 0 Å². The Morgan fingerprint density at radius 1 is 1.37 bits per heavy atom. The quantitative estimate of drug-likeness (QED) is 0.474. The second-order valence-corrected chi connectivity index (χ2v) is 13.1. The maximum atomic E-state index is 6.07. The smallest absolute Gasteiger partial charge is 0.165 e. The molecular weight excluding hydrogens is 342 g/mol. The van der Waals surface area contributed by atoms with E-state index in [9.17, 15) is 0 Å². The van der Waals surface area contributed by atoms with Crippen LogP contribution in [0.4, 0.5) is 0 Å². The molecule has 108 valence electrons. The fourth-order valence-corrected chi connectivity index (χ4v) is 5.34. The molecule has 0 bridgehead atoms. The van der Waals surface area contributed by atoms with Gasteiger partial charge in [0, 0.05) is 17.4 Å². The van der Waals surface area contributed by atoms with Gasteiger partial charge in [0.05, 0.1) is 17.7 Å². The first-order valence-electron chi connectivity index (χ1n) is 5.78. The average molecular weight is 359 g/mol. The molecule has 1 atom stereocenters. The summed E-state index contributed by atoms with van der Waals surface area (Å²) < 4.78 is 11.3. The number of ether oxygens (including phenoxy) is 1. The molecule has 0 aliphatic carbocycles. The van der Waals surface area contributed by atoms with Gasteiger partial charge in [0.25, 0.3) is 0 Å². The van der Waals surface area contributed by atoms with Gasteiger partial charge < -0.3 is 9.26 Å². The zero-order valence-electron chi connectivity index (χ0n) is 11.1. The van der Waals surface area contributed by atoms with Crippen molar-refractivity contribution >= 4 is 51.9 Å². The summed E-state index contributed by atoms with van der Waals surface area (Å²) >= 11 is 19.0. The van der Waals surface area contributed by atoms with Crippen LogP contribution in [-0.4, -0.2) is 25.1 Å². The Morgan fingerprint density at radius 3 is 2.63 bits per heavy atom. The van der Waals surface area contributed by atoms with Crippen LogP contribution in [0.1, 0.15) is 13.8 Å². The predicted molar refractivity (Wildman–Crippen MR) is 90.8 cm³/mol. The highest BCUT2D eigenvalue weighted by atomic mass is 35.5. The second kappa shape index (κ2) is 8.11. The molecule has 0 aliphatic rings. The number of halogens is 2. The van der Waals surface area contributed by atoms with Gasteiger partial charge in [0.15, 0.2) is 5.47 Å². The standard InChI is InChI=1S/C12H17Cl2O2PS2/c1-9(2)15-6-7-19-17(3,18)16-12-5-4-10(13)8-11(12)14/h4-5,8-9H,6-7H2,1-3H3. The van der Waals surface area contributed by atoms with Crippen LogP contribution >= 0.6 is 40.1 Å². The molecule has 1 unspecified atom stereocenters. The Morgan fingerprint density at radius 2 is 2.05 bits per heavy atom. The summed E-state index contributed by atoms with van der Waals surface area (Å²) in [7, 11) is 0. The van der Waals surface area contributed by atoms with Crippen molar-refractivity contribution in [2.75, 3.05) is 19.0 Å². The lowest BCUT2D eigenvalue weighted by atomic mass is 10.3. The lowest BCUT2D eigenvalue weighted by molar-refractivity contribution is 0.0921. The summed E-state index contributed by atoms with van der Waals surface area (Å²) in [5.41, 5.74) is -1.97. The zero-order chi connectivity index (χ0) is 14.5. The van der Waals surface area contributed by atoms with Gasteiger partial charge in [0.2, 0.25) is 0 Å². The third-order valence-corrected chi connectivity index (χ3v) is 7.25. The summed E-state index contributed by atoms with van der Waals surface area (Å²) in [6.07, 6.45) is 0.238. The second-order valence-electron chi connectivity index (χ2n) is 4.19. The van der Waals surface area contributed by atoms with Crippen LogP contribution < -0.4 is 4.52 Å². The monoisotopic (exact) mass is 358 g/mol. The molecule has 19 heavy (non-hydrogen) atoms. The van der Waals surface area contributed by atoms with E-state index >= 15 is 0 Å². The maximum Gasteiger partial charge on any atom is 0.165 e. The number of hydrogen-bond acceptors (Lipinski definition) is 4. The highest BCUT2D eigenvalue weighted by Gasteiger charge is 2.15. The molecule has 0 saturated heterocycles. The molecule has 0 fully saturated rings. The van der Waals surface area contributed by atoms with Crippen molar-refractivity contribution in [2.24, 2.45) is 0 Å². The largest absolute Gasteiger partial charge is 0.456 e. The minimum atomic E-state index is -1.97. The summed E-state index contributed by atoms with van der Waals surface area (Å²) in [5.74, 6) is 1.41. The predicted octanol–water partition coefficient (Wildman–Crippen LogP) is 5.47. The van der Waals surface area contributed by atoms with Crippen LogP contribution in [0, 0.1) is 0 Å². The molecule has 1 rings (SSSR count). The van der Waals surface area contributed by atoms with Crippen LogP contribution in [0.3, 0.4) is 0 Å². The summed E-state index contributed by atoms with van der Waals surface area (Å²) in [6, 6.07) is 5.14. The summed E-state index contributed by atoms with van der Waals surface area (Å²) in [5, 5.41) is 1.07. The van der Waals surface area contributed by atoms with Gasteiger partial charge in [0.1, 0.15) is 5.75 Å². The van der Waals surface area contributed by atoms with Gasteiger partial charge in [-0.2, -0.15) is 0 Å². The molecule has 7 heteroatoms. The molecular formula is C12H17Cl2O2PS2. The molecule has 2 nitrogen and oxygen atoms in total. The van der Waals surface area contributed by atoms with Gasteiger partial charge in [-0.05, 0) is 43.9 Å². The van der Waals surface area contributed by atoms with Crippen molar-refractivity contribution in [3.05, 3.63) is 28.2 Å². The van der Waals surface area contributed by atoms with Crippen molar-refractivity contribution in [3.8, 4) is 5.75 Å².